The second-order valence-corrected chi connectivity index (χ2v) is 7.30. The largest absolute Gasteiger partial charge is 0.366 e. The Kier molecular flexibility index (Phi) is 9.05. The molecule has 0 aliphatic carbocycles. The van der Waals surface area contributed by atoms with Crippen molar-refractivity contribution in [3.63, 3.8) is 0 Å². The molecule has 2 nitrogen and oxygen atoms in total. The number of thioether (sulfide) groups is 2. The molecule has 1 aromatic rings. The van der Waals surface area contributed by atoms with Crippen molar-refractivity contribution in [1.82, 2.24) is 0 Å². The lowest BCUT2D eigenvalue weighted by molar-refractivity contribution is -0.119. The Balaban J connectivity index is 2.41. The second kappa shape index (κ2) is 10.4. The Hall–Kier alpha value is -0.450. The standard InChI is InChI=1S/C15H22O2S2/c1-3-18-15(19-4-2)10-14(11-16)17-12-13-8-6-5-7-9-13/h5-9,11,14-15H,3-4,10,12H2,1-2H3. The van der Waals surface area contributed by atoms with Crippen LogP contribution in [0.2, 0.25) is 0 Å². The van der Waals surface area contributed by atoms with Crippen LogP contribution in [0.3, 0.4) is 0 Å². The van der Waals surface area contributed by atoms with Gasteiger partial charge in [-0.15, -0.1) is 23.5 Å². The number of aldehydes is 1. The van der Waals surface area contributed by atoms with Gasteiger partial charge in [-0.25, -0.2) is 0 Å². The lowest BCUT2D eigenvalue weighted by atomic mass is 10.2. The smallest absolute Gasteiger partial charge is 0.148 e. The summed E-state index contributed by atoms with van der Waals surface area (Å²) in [5.41, 5.74) is 1.11. The first-order valence-corrected chi connectivity index (χ1v) is 8.73. The second-order valence-electron chi connectivity index (χ2n) is 4.05. The molecule has 106 valence electrons. The normalized spacial score (nSPS) is 12.6. The topological polar surface area (TPSA) is 26.3 Å². The maximum Gasteiger partial charge on any atom is 0.148 e. The van der Waals surface area contributed by atoms with Gasteiger partial charge in [0.05, 0.1) is 11.2 Å². The zero-order valence-corrected chi connectivity index (χ0v) is 13.2. The van der Waals surface area contributed by atoms with Gasteiger partial charge in [0.2, 0.25) is 0 Å². The maximum absolute atomic E-state index is 11.1. The number of hydrogen-bond acceptors (Lipinski definition) is 4. The Labute approximate surface area is 124 Å². The highest BCUT2D eigenvalue weighted by Gasteiger charge is 2.16. The van der Waals surface area contributed by atoms with E-state index in [1.807, 2.05) is 53.9 Å². The number of rotatable bonds is 10. The summed E-state index contributed by atoms with van der Waals surface area (Å²) in [4.78, 5) is 11.1. The Morgan fingerprint density at radius 2 is 1.79 bits per heavy atom. The first-order chi connectivity index (χ1) is 9.30. The molecular weight excluding hydrogens is 276 g/mol. The molecule has 0 radical (unpaired) electrons. The van der Waals surface area contributed by atoms with Crippen molar-refractivity contribution in [1.29, 1.82) is 0 Å². The zero-order valence-electron chi connectivity index (χ0n) is 11.6. The quantitative estimate of drug-likeness (QED) is 0.482. The minimum Gasteiger partial charge on any atom is -0.366 e. The minimum atomic E-state index is -0.302. The molecule has 0 saturated heterocycles. The van der Waals surface area contributed by atoms with Gasteiger partial charge in [-0.05, 0) is 17.1 Å². The van der Waals surface area contributed by atoms with Crippen LogP contribution in [0.15, 0.2) is 30.3 Å². The SMILES string of the molecule is CCSC(CC(C=O)OCc1ccccc1)SCC. The van der Waals surface area contributed by atoms with E-state index in [1.165, 1.54) is 0 Å². The highest BCUT2D eigenvalue weighted by atomic mass is 32.2. The van der Waals surface area contributed by atoms with E-state index >= 15 is 0 Å². The predicted octanol–water partition coefficient (Wildman–Crippen LogP) is 3.99. The third kappa shape index (κ3) is 7.04. The van der Waals surface area contributed by atoms with Gasteiger partial charge in [-0.3, -0.25) is 0 Å². The van der Waals surface area contributed by atoms with Crippen LogP contribution in [0, 0.1) is 0 Å². The van der Waals surface area contributed by atoms with E-state index < -0.39 is 0 Å². The third-order valence-corrected chi connectivity index (χ3v) is 5.20. The molecule has 1 atom stereocenters. The van der Waals surface area contributed by atoms with E-state index in [0.717, 1.165) is 29.8 Å². The molecule has 1 unspecified atom stereocenters. The van der Waals surface area contributed by atoms with E-state index in [1.54, 1.807) is 0 Å². The van der Waals surface area contributed by atoms with Crippen LogP contribution in [0.1, 0.15) is 25.8 Å². The van der Waals surface area contributed by atoms with Crippen LogP contribution in [-0.4, -0.2) is 28.5 Å². The fourth-order valence-corrected chi connectivity index (χ4v) is 4.28. The van der Waals surface area contributed by atoms with Crippen molar-refractivity contribution >= 4 is 29.8 Å². The Morgan fingerprint density at radius 3 is 2.32 bits per heavy atom. The van der Waals surface area contributed by atoms with Crippen molar-refractivity contribution in [3.05, 3.63) is 35.9 Å². The lowest BCUT2D eigenvalue weighted by Gasteiger charge is -2.19. The highest BCUT2D eigenvalue weighted by Crippen LogP contribution is 2.28. The van der Waals surface area contributed by atoms with E-state index in [-0.39, 0.29) is 6.10 Å². The maximum atomic E-state index is 11.1. The van der Waals surface area contributed by atoms with E-state index in [4.69, 9.17) is 4.74 Å². The number of carbonyl (C=O) groups is 1. The van der Waals surface area contributed by atoms with Crippen LogP contribution in [0.25, 0.3) is 0 Å². The molecule has 0 fully saturated rings. The molecule has 0 saturated carbocycles. The van der Waals surface area contributed by atoms with Gasteiger partial charge >= 0.3 is 0 Å². The summed E-state index contributed by atoms with van der Waals surface area (Å²) in [5, 5.41) is 0. The average molecular weight is 298 g/mol. The van der Waals surface area contributed by atoms with Gasteiger partial charge in [-0.1, -0.05) is 44.2 Å². The van der Waals surface area contributed by atoms with E-state index in [2.05, 4.69) is 13.8 Å². The minimum absolute atomic E-state index is 0.302. The van der Waals surface area contributed by atoms with Crippen molar-refractivity contribution < 1.29 is 9.53 Å². The van der Waals surface area contributed by atoms with Crippen molar-refractivity contribution in [3.8, 4) is 0 Å². The molecule has 1 rings (SSSR count). The van der Waals surface area contributed by atoms with Crippen molar-refractivity contribution in [2.24, 2.45) is 0 Å². The first-order valence-electron chi connectivity index (χ1n) is 6.64. The van der Waals surface area contributed by atoms with Crippen LogP contribution in [-0.2, 0) is 16.1 Å². The summed E-state index contributed by atoms with van der Waals surface area (Å²) in [7, 11) is 0. The van der Waals surface area contributed by atoms with Crippen molar-refractivity contribution in [2.75, 3.05) is 11.5 Å². The molecule has 0 bridgehead atoms. The molecular formula is C15H22O2S2. The van der Waals surface area contributed by atoms with Crippen LogP contribution < -0.4 is 0 Å². The van der Waals surface area contributed by atoms with E-state index in [0.29, 0.717) is 11.2 Å². The summed E-state index contributed by atoms with van der Waals surface area (Å²) < 4.78 is 6.15. The summed E-state index contributed by atoms with van der Waals surface area (Å²) >= 11 is 3.78. The summed E-state index contributed by atoms with van der Waals surface area (Å²) in [5.74, 6) is 2.14. The fourth-order valence-electron chi connectivity index (χ4n) is 1.69. The molecule has 0 N–H and O–H groups in total. The number of benzene rings is 1. The third-order valence-electron chi connectivity index (χ3n) is 2.59. The summed E-state index contributed by atoms with van der Waals surface area (Å²) in [6.07, 6.45) is 1.42. The molecule has 1 aromatic carbocycles. The monoisotopic (exact) mass is 298 g/mol. The Morgan fingerprint density at radius 1 is 1.16 bits per heavy atom. The number of hydrogen-bond donors (Lipinski definition) is 0. The predicted molar refractivity (Wildman–Crippen MR) is 85.8 cm³/mol. The van der Waals surface area contributed by atoms with Crippen LogP contribution >= 0.6 is 23.5 Å². The molecule has 0 spiro atoms. The Bertz CT molecular complexity index is 337. The summed E-state index contributed by atoms with van der Waals surface area (Å²) in [6, 6.07) is 9.98. The highest BCUT2D eigenvalue weighted by molar-refractivity contribution is 8.16. The average Bonchev–Trinajstić information content (AvgIpc) is 2.45. The molecule has 0 aromatic heterocycles. The molecule has 0 aliphatic heterocycles. The number of ether oxygens (including phenoxy) is 1. The van der Waals surface area contributed by atoms with Gasteiger partial charge in [0.25, 0.3) is 0 Å². The van der Waals surface area contributed by atoms with Gasteiger partial charge in [0, 0.05) is 6.42 Å². The van der Waals surface area contributed by atoms with Crippen LogP contribution in [0.5, 0.6) is 0 Å². The van der Waals surface area contributed by atoms with Gasteiger partial charge in [0.15, 0.2) is 0 Å². The zero-order chi connectivity index (χ0) is 13.9. The molecule has 0 aliphatic rings. The first kappa shape index (κ1) is 16.6. The molecule has 19 heavy (non-hydrogen) atoms. The molecule has 0 heterocycles. The molecule has 0 amide bonds. The summed E-state index contributed by atoms with van der Waals surface area (Å²) in [6.45, 7) is 4.80. The fraction of sp³-hybridized carbons (Fsp3) is 0.533. The van der Waals surface area contributed by atoms with Gasteiger partial charge in [0.1, 0.15) is 12.4 Å². The lowest BCUT2D eigenvalue weighted by Crippen LogP contribution is -2.19. The molecule has 4 heteroatoms. The van der Waals surface area contributed by atoms with Crippen LogP contribution in [0.4, 0.5) is 0 Å². The van der Waals surface area contributed by atoms with E-state index in [9.17, 15) is 4.79 Å². The van der Waals surface area contributed by atoms with Gasteiger partial charge < -0.3 is 9.53 Å². The van der Waals surface area contributed by atoms with Gasteiger partial charge in [-0.2, -0.15) is 0 Å². The number of carbonyl (C=O) groups excluding carboxylic acids is 1. The van der Waals surface area contributed by atoms with Crippen molar-refractivity contribution in [2.45, 2.75) is 37.6 Å².